The Balaban J connectivity index is 2.32. The number of para-hydroxylation sites is 2. The van der Waals surface area contributed by atoms with Gasteiger partial charge in [0.1, 0.15) is 5.82 Å². The minimum absolute atomic E-state index is 0.150. The zero-order chi connectivity index (χ0) is 14.0. The number of hydrogen-bond donors (Lipinski definition) is 1. The molecule has 1 aromatic carbocycles. The van der Waals surface area contributed by atoms with Crippen LogP contribution in [0.1, 0.15) is 46.5 Å². The number of aromatic nitrogens is 2. The maximum absolute atomic E-state index is 4.73. The number of nitrogens with zero attached hydrogens (tertiary/aromatic N) is 2. The van der Waals surface area contributed by atoms with Gasteiger partial charge in [-0.25, -0.2) is 4.98 Å². The quantitative estimate of drug-likeness (QED) is 0.910. The molecule has 2 rings (SSSR count). The number of fused-ring (bicyclic) bond motifs is 1. The van der Waals surface area contributed by atoms with E-state index in [0.29, 0.717) is 6.04 Å². The smallest absolute Gasteiger partial charge is 0.109 e. The molecule has 0 saturated carbocycles. The molecule has 104 valence electrons. The fraction of sp³-hybridized carbons (Fsp3) is 0.562. The van der Waals surface area contributed by atoms with Crippen LogP contribution in [0.4, 0.5) is 0 Å². The third-order valence-electron chi connectivity index (χ3n) is 3.35. The number of hydrogen-bond acceptors (Lipinski definition) is 2. The zero-order valence-electron chi connectivity index (χ0n) is 12.7. The third-order valence-corrected chi connectivity index (χ3v) is 3.35. The first-order chi connectivity index (χ1) is 8.92. The Hall–Kier alpha value is -1.35. The second-order valence-corrected chi connectivity index (χ2v) is 6.22. The minimum Gasteiger partial charge on any atom is -0.324 e. The van der Waals surface area contributed by atoms with E-state index in [0.717, 1.165) is 18.5 Å². The lowest BCUT2D eigenvalue weighted by Gasteiger charge is -2.25. The average molecular weight is 259 g/mol. The van der Waals surface area contributed by atoms with Crippen LogP contribution in [0.5, 0.6) is 0 Å². The SMILES string of the molecule is CCc1nc2ccccc2n1C(C)CNC(C)(C)C. The van der Waals surface area contributed by atoms with Gasteiger partial charge in [-0.05, 0) is 39.8 Å². The van der Waals surface area contributed by atoms with Crippen LogP contribution in [0, 0.1) is 0 Å². The van der Waals surface area contributed by atoms with Crippen molar-refractivity contribution in [3.05, 3.63) is 30.1 Å². The average Bonchev–Trinajstić information content (AvgIpc) is 2.73. The molecule has 0 saturated heterocycles. The molecular formula is C16H25N3. The summed E-state index contributed by atoms with van der Waals surface area (Å²) in [4.78, 5) is 4.73. The van der Waals surface area contributed by atoms with Gasteiger partial charge in [0.05, 0.1) is 11.0 Å². The van der Waals surface area contributed by atoms with Crippen molar-refractivity contribution in [2.45, 2.75) is 52.6 Å². The van der Waals surface area contributed by atoms with Crippen LogP contribution in [-0.4, -0.2) is 21.6 Å². The molecule has 19 heavy (non-hydrogen) atoms. The highest BCUT2D eigenvalue weighted by Crippen LogP contribution is 2.21. The molecule has 0 aliphatic heterocycles. The molecule has 0 fully saturated rings. The van der Waals surface area contributed by atoms with Gasteiger partial charge in [-0.2, -0.15) is 0 Å². The van der Waals surface area contributed by atoms with Crippen LogP contribution in [-0.2, 0) is 6.42 Å². The highest BCUT2D eigenvalue weighted by molar-refractivity contribution is 5.76. The first-order valence-corrected chi connectivity index (χ1v) is 7.13. The van der Waals surface area contributed by atoms with Gasteiger partial charge in [-0.15, -0.1) is 0 Å². The van der Waals surface area contributed by atoms with Gasteiger partial charge < -0.3 is 9.88 Å². The third kappa shape index (κ3) is 3.16. The van der Waals surface area contributed by atoms with Crippen LogP contribution >= 0.6 is 0 Å². The molecule has 2 aromatic rings. The molecule has 1 heterocycles. The Morgan fingerprint density at radius 3 is 2.58 bits per heavy atom. The Kier molecular flexibility index (Phi) is 3.95. The van der Waals surface area contributed by atoms with Gasteiger partial charge in [0.2, 0.25) is 0 Å². The van der Waals surface area contributed by atoms with Crippen molar-refractivity contribution in [2.75, 3.05) is 6.54 Å². The van der Waals surface area contributed by atoms with E-state index in [9.17, 15) is 0 Å². The van der Waals surface area contributed by atoms with Gasteiger partial charge in [0, 0.05) is 24.5 Å². The highest BCUT2D eigenvalue weighted by atomic mass is 15.1. The fourth-order valence-corrected chi connectivity index (χ4v) is 2.38. The first-order valence-electron chi connectivity index (χ1n) is 7.13. The lowest BCUT2D eigenvalue weighted by molar-refractivity contribution is 0.379. The normalized spacial score (nSPS) is 13.9. The molecule has 1 N–H and O–H groups in total. The number of aryl methyl sites for hydroxylation is 1. The van der Waals surface area contributed by atoms with E-state index in [1.165, 1.54) is 11.3 Å². The van der Waals surface area contributed by atoms with E-state index in [4.69, 9.17) is 4.98 Å². The summed E-state index contributed by atoms with van der Waals surface area (Å²) in [7, 11) is 0. The van der Waals surface area contributed by atoms with Gasteiger partial charge in [-0.1, -0.05) is 19.1 Å². The van der Waals surface area contributed by atoms with Crippen molar-refractivity contribution in [3.8, 4) is 0 Å². The molecule has 0 amide bonds. The maximum atomic E-state index is 4.73. The molecule has 0 spiro atoms. The Labute approximate surface area is 116 Å². The predicted molar refractivity (Wildman–Crippen MR) is 81.6 cm³/mol. The molecule has 0 aliphatic rings. The van der Waals surface area contributed by atoms with Crippen molar-refractivity contribution in [3.63, 3.8) is 0 Å². The second kappa shape index (κ2) is 5.33. The fourth-order valence-electron chi connectivity index (χ4n) is 2.38. The number of benzene rings is 1. The zero-order valence-corrected chi connectivity index (χ0v) is 12.7. The molecule has 0 aliphatic carbocycles. The summed E-state index contributed by atoms with van der Waals surface area (Å²) in [6.07, 6.45) is 0.967. The second-order valence-electron chi connectivity index (χ2n) is 6.22. The lowest BCUT2D eigenvalue weighted by Crippen LogP contribution is -2.39. The van der Waals surface area contributed by atoms with Crippen LogP contribution < -0.4 is 5.32 Å². The molecule has 1 aromatic heterocycles. The van der Waals surface area contributed by atoms with Crippen molar-refractivity contribution < 1.29 is 0 Å². The Morgan fingerprint density at radius 1 is 1.26 bits per heavy atom. The number of rotatable bonds is 4. The summed E-state index contributed by atoms with van der Waals surface area (Å²) < 4.78 is 2.37. The predicted octanol–water partition coefficient (Wildman–Crippen LogP) is 3.55. The van der Waals surface area contributed by atoms with Crippen LogP contribution in [0.2, 0.25) is 0 Å². The Morgan fingerprint density at radius 2 is 1.95 bits per heavy atom. The largest absolute Gasteiger partial charge is 0.324 e. The molecule has 0 bridgehead atoms. The minimum atomic E-state index is 0.150. The summed E-state index contributed by atoms with van der Waals surface area (Å²) in [5.41, 5.74) is 2.49. The molecule has 1 unspecified atom stereocenters. The van der Waals surface area contributed by atoms with Crippen LogP contribution in [0.15, 0.2) is 24.3 Å². The van der Waals surface area contributed by atoms with E-state index in [1.807, 2.05) is 0 Å². The number of imidazole rings is 1. The first kappa shape index (κ1) is 14.1. The van der Waals surface area contributed by atoms with Crippen LogP contribution in [0.3, 0.4) is 0 Å². The van der Waals surface area contributed by atoms with E-state index in [1.54, 1.807) is 0 Å². The van der Waals surface area contributed by atoms with Crippen molar-refractivity contribution in [1.29, 1.82) is 0 Å². The van der Waals surface area contributed by atoms with E-state index < -0.39 is 0 Å². The topological polar surface area (TPSA) is 29.9 Å². The standard InChI is InChI=1S/C16H25N3/c1-6-15-18-13-9-7-8-10-14(13)19(15)12(2)11-17-16(3,4)5/h7-10,12,17H,6,11H2,1-5H3. The van der Waals surface area contributed by atoms with Gasteiger partial charge in [0.15, 0.2) is 0 Å². The summed E-state index contributed by atoms with van der Waals surface area (Å²) in [5, 5.41) is 3.58. The summed E-state index contributed by atoms with van der Waals surface area (Å²) in [6.45, 7) is 12.0. The van der Waals surface area contributed by atoms with Crippen LogP contribution in [0.25, 0.3) is 11.0 Å². The molecular weight excluding hydrogens is 234 g/mol. The van der Waals surface area contributed by atoms with Gasteiger partial charge in [-0.3, -0.25) is 0 Å². The van der Waals surface area contributed by atoms with Crippen molar-refractivity contribution >= 4 is 11.0 Å². The molecule has 0 radical (unpaired) electrons. The summed E-state index contributed by atoms with van der Waals surface area (Å²) in [6, 6.07) is 8.80. The van der Waals surface area contributed by atoms with Gasteiger partial charge >= 0.3 is 0 Å². The summed E-state index contributed by atoms with van der Waals surface area (Å²) in [5.74, 6) is 1.17. The van der Waals surface area contributed by atoms with Gasteiger partial charge in [0.25, 0.3) is 0 Å². The Bertz CT molecular complexity index is 549. The molecule has 3 nitrogen and oxygen atoms in total. The highest BCUT2D eigenvalue weighted by Gasteiger charge is 2.16. The lowest BCUT2D eigenvalue weighted by atomic mass is 10.1. The number of nitrogens with one attached hydrogen (secondary N) is 1. The van der Waals surface area contributed by atoms with E-state index >= 15 is 0 Å². The monoisotopic (exact) mass is 259 g/mol. The van der Waals surface area contributed by atoms with E-state index in [-0.39, 0.29) is 5.54 Å². The van der Waals surface area contributed by atoms with E-state index in [2.05, 4.69) is 68.8 Å². The molecule has 3 heteroatoms. The summed E-state index contributed by atoms with van der Waals surface area (Å²) >= 11 is 0. The van der Waals surface area contributed by atoms with Crippen molar-refractivity contribution in [2.24, 2.45) is 0 Å². The van der Waals surface area contributed by atoms with Crippen molar-refractivity contribution in [1.82, 2.24) is 14.9 Å². The maximum Gasteiger partial charge on any atom is 0.109 e. The molecule has 1 atom stereocenters.